The van der Waals surface area contributed by atoms with Crippen LogP contribution in [0.5, 0.6) is 0 Å². The molecule has 1 fully saturated rings. The zero-order valence-corrected chi connectivity index (χ0v) is 12.4. The Hall–Kier alpha value is -2.19. The molecular formula is C13H15ClN4O4. The molecule has 1 aliphatic rings. The normalized spacial score (nSPS) is 14.5. The molecule has 22 heavy (non-hydrogen) atoms. The van der Waals surface area contributed by atoms with E-state index in [9.17, 15) is 19.7 Å². The summed E-state index contributed by atoms with van der Waals surface area (Å²) in [4.78, 5) is 35.9. The molecule has 2 rings (SSSR count). The van der Waals surface area contributed by atoms with Crippen LogP contribution in [0.15, 0.2) is 18.2 Å². The third-order valence-corrected chi connectivity index (χ3v) is 3.60. The molecule has 118 valence electrons. The smallest absolute Gasteiger partial charge is 0.283 e. The van der Waals surface area contributed by atoms with Crippen LogP contribution in [0.1, 0.15) is 10.4 Å². The molecule has 0 radical (unpaired) electrons. The molecular weight excluding hydrogens is 312 g/mol. The average molecular weight is 327 g/mol. The van der Waals surface area contributed by atoms with Gasteiger partial charge >= 0.3 is 0 Å². The lowest BCUT2D eigenvalue weighted by atomic mass is 10.1. The van der Waals surface area contributed by atoms with Crippen LogP contribution in [0.3, 0.4) is 0 Å². The van der Waals surface area contributed by atoms with Gasteiger partial charge in [0.1, 0.15) is 5.56 Å². The standard InChI is InChI=1S/C13H15ClN4O4/c14-9-2-1-3-10(18(21)22)12(9)13(20)16-8-11(19)17-6-4-15-5-7-17/h1-3,15H,4-8H2,(H,16,20). The van der Waals surface area contributed by atoms with Gasteiger partial charge in [0.25, 0.3) is 11.6 Å². The highest BCUT2D eigenvalue weighted by atomic mass is 35.5. The van der Waals surface area contributed by atoms with Crippen molar-refractivity contribution in [2.75, 3.05) is 32.7 Å². The van der Waals surface area contributed by atoms with Gasteiger partial charge in [-0.25, -0.2) is 0 Å². The zero-order valence-electron chi connectivity index (χ0n) is 11.7. The van der Waals surface area contributed by atoms with Crippen LogP contribution in [0.4, 0.5) is 5.69 Å². The van der Waals surface area contributed by atoms with Gasteiger partial charge in [-0.2, -0.15) is 0 Å². The predicted octanol–water partition coefficient (Wildman–Crippen LogP) is 0.410. The minimum Gasteiger partial charge on any atom is -0.343 e. The molecule has 0 saturated carbocycles. The van der Waals surface area contributed by atoms with Crippen LogP contribution in [-0.2, 0) is 4.79 Å². The average Bonchev–Trinajstić information content (AvgIpc) is 2.52. The fraction of sp³-hybridized carbons (Fsp3) is 0.385. The van der Waals surface area contributed by atoms with E-state index in [-0.39, 0.29) is 28.7 Å². The molecule has 1 aromatic rings. The van der Waals surface area contributed by atoms with Crippen molar-refractivity contribution in [3.8, 4) is 0 Å². The monoisotopic (exact) mass is 326 g/mol. The van der Waals surface area contributed by atoms with Crippen LogP contribution >= 0.6 is 11.6 Å². The number of nitro groups is 1. The topological polar surface area (TPSA) is 105 Å². The SMILES string of the molecule is O=C(NCC(=O)N1CCNCC1)c1c(Cl)cccc1[N+](=O)[O-]. The lowest BCUT2D eigenvalue weighted by molar-refractivity contribution is -0.385. The summed E-state index contributed by atoms with van der Waals surface area (Å²) in [6, 6.07) is 3.98. The summed E-state index contributed by atoms with van der Waals surface area (Å²) >= 11 is 5.86. The Balaban J connectivity index is 2.03. The fourth-order valence-electron chi connectivity index (χ4n) is 2.16. The van der Waals surface area contributed by atoms with Crippen molar-refractivity contribution in [1.29, 1.82) is 0 Å². The number of nitrogens with one attached hydrogen (secondary N) is 2. The molecule has 8 nitrogen and oxygen atoms in total. The van der Waals surface area contributed by atoms with Crippen LogP contribution in [0.2, 0.25) is 5.02 Å². The molecule has 1 heterocycles. The van der Waals surface area contributed by atoms with Gasteiger partial charge in [0, 0.05) is 32.2 Å². The van der Waals surface area contributed by atoms with E-state index in [1.165, 1.54) is 18.2 Å². The van der Waals surface area contributed by atoms with E-state index in [1.807, 2.05) is 0 Å². The summed E-state index contributed by atoms with van der Waals surface area (Å²) in [5.74, 6) is -0.967. The van der Waals surface area contributed by atoms with E-state index in [0.717, 1.165) is 0 Å². The van der Waals surface area contributed by atoms with Gasteiger partial charge in [-0.15, -0.1) is 0 Å². The Morgan fingerprint density at radius 2 is 2.05 bits per heavy atom. The van der Waals surface area contributed by atoms with Crippen LogP contribution in [-0.4, -0.2) is 54.4 Å². The Labute approximate surface area is 131 Å². The van der Waals surface area contributed by atoms with Crippen molar-refractivity contribution in [3.05, 3.63) is 38.9 Å². The molecule has 1 aromatic carbocycles. The Morgan fingerprint density at radius 1 is 1.36 bits per heavy atom. The molecule has 0 atom stereocenters. The number of hydrogen-bond donors (Lipinski definition) is 2. The zero-order chi connectivity index (χ0) is 16.1. The fourth-order valence-corrected chi connectivity index (χ4v) is 2.42. The second kappa shape index (κ2) is 7.19. The van der Waals surface area contributed by atoms with E-state index in [4.69, 9.17) is 11.6 Å². The summed E-state index contributed by atoms with van der Waals surface area (Å²) in [5.41, 5.74) is -0.623. The van der Waals surface area contributed by atoms with Crippen LogP contribution in [0.25, 0.3) is 0 Å². The first-order valence-corrected chi connectivity index (χ1v) is 7.08. The highest BCUT2D eigenvalue weighted by Gasteiger charge is 2.24. The van der Waals surface area contributed by atoms with Crippen molar-refractivity contribution in [2.24, 2.45) is 0 Å². The second-order valence-corrected chi connectivity index (χ2v) is 5.11. The maximum Gasteiger partial charge on any atom is 0.283 e. The third-order valence-electron chi connectivity index (χ3n) is 3.29. The number of hydrogen-bond acceptors (Lipinski definition) is 5. The van der Waals surface area contributed by atoms with E-state index in [0.29, 0.717) is 26.2 Å². The Kier molecular flexibility index (Phi) is 5.29. The summed E-state index contributed by atoms with van der Waals surface area (Å²) in [6.45, 7) is 2.33. The number of benzene rings is 1. The van der Waals surface area contributed by atoms with Gasteiger partial charge in [0.2, 0.25) is 5.91 Å². The van der Waals surface area contributed by atoms with Crippen molar-refractivity contribution < 1.29 is 14.5 Å². The van der Waals surface area contributed by atoms with Gasteiger partial charge in [-0.1, -0.05) is 17.7 Å². The van der Waals surface area contributed by atoms with Crippen LogP contribution in [0, 0.1) is 10.1 Å². The van der Waals surface area contributed by atoms with Crippen LogP contribution < -0.4 is 10.6 Å². The molecule has 0 bridgehead atoms. The van der Waals surface area contributed by atoms with Gasteiger partial charge in [0.15, 0.2) is 0 Å². The summed E-state index contributed by atoms with van der Waals surface area (Å²) in [5, 5.41) is 16.4. The molecule has 0 unspecified atom stereocenters. The predicted molar refractivity (Wildman–Crippen MR) is 79.9 cm³/mol. The van der Waals surface area contributed by atoms with Gasteiger partial charge in [0.05, 0.1) is 16.5 Å². The minimum absolute atomic E-state index is 0.0266. The Morgan fingerprint density at radius 3 is 2.68 bits per heavy atom. The highest BCUT2D eigenvalue weighted by molar-refractivity contribution is 6.34. The number of amides is 2. The first-order valence-electron chi connectivity index (χ1n) is 6.70. The number of carbonyl (C=O) groups excluding carboxylic acids is 2. The number of nitro benzene ring substituents is 1. The molecule has 1 saturated heterocycles. The maximum atomic E-state index is 12.1. The summed E-state index contributed by atoms with van der Waals surface area (Å²) in [7, 11) is 0. The van der Waals surface area contributed by atoms with Crippen molar-refractivity contribution in [2.45, 2.75) is 0 Å². The van der Waals surface area contributed by atoms with Gasteiger partial charge in [-0.05, 0) is 6.07 Å². The first-order chi connectivity index (χ1) is 10.5. The molecule has 1 aliphatic heterocycles. The van der Waals surface area contributed by atoms with Gasteiger partial charge < -0.3 is 15.5 Å². The third kappa shape index (κ3) is 3.71. The number of nitrogens with zero attached hydrogens (tertiary/aromatic N) is 2. The lowest BCUT2D eigenvalue weighted by Gasteiger charge is -2.27. The highest BCUT2D eigenvalue weighted by Crippen LogP contribution is 2.25. The number of rotatable bonds is 4. The number of halogens is 1. The van der Waals surface area contributed by atoms with E-state index in [1.54, 1.807) is 4.90 Å². The first kappa shape index (κ1) is 16.2. The summed E-state index contributed by atoms with van der Waals surface area (Å²) in [6.07, 6.45) is 0. The van der Waals surface area contributed by atoms with Crippen molar-refractivity contribution in [3.63, 3.8) is 0 Å². The van der Waals surface area contributed by atoms with E-state index < -0.39 is 10.8 Å². The largest absolute Gasteiger partial charge is 0.343 e. The van der Waals surface area contributed by atoms with E-state index >= 15 is 0 Å². The maximum absolute atomic E-state index is 12.1. The van der Waals surface area contributed by atoms with E-state index in [2.05, 4.69) is 10.6 Å². The quantitative estimate of drug-likeness (QED) is 0.616. The van der Waals surface area contributed by atoms with Crippen molar-refractivity contribution in [1.82, 2.24) is 15.5 Å². The molecule has 2 amide bonds. The molecule has 0 aromatic heterocycles. The van der Waals surface area contributed by atoms with Crippen molar-refractivity contribution >= 4 is 29.1 Å². The lowest BCUT2D eigenvalue weighted by Crippen LogP contribution is -2.49. The second-order valence-electron chi connectivity index (χ2n) is 4.70. The molecule has 9 heteroatoms. The van der Waals surface area contributed by atoms with Gasteiger partial charge in [-0.3, -0.25) is 19.7 Å². The number of piperazine rings is 1. The molecule has 0 spiro atoms. The Bertz CT molecular complexity index is 602. The summed E-state index contributed by atoms with van der Waals surface area (Å²) < 4.78 is 0. The number of carbonyl (C=O) groups is 2. The molecule has 2 N–H and O–H groups in total. The molecule has 0 aliphatic carbocycles. The minimum atomic E-state index is -0.735.